The molecule has 0 saturated heterocycles. The van der Waals surface area contributed by atoms with Crippen LogP contribution in [0.5, 0.6) is 5.75 Å². The molecule has 0 aliphatic rings. The third-order valence-electron chi connectivity index (χ3n) is 3.12. The van der Waals surface area contributed by atoms with Gasteiger partial charge in [-0.25, -0.2) is 0 Å². The van der Waals surface area contributed by atoms with Gasteiger partial charge in [-0.1, -0.05) is 39.3 Å². The molecule has 0 unspecified atom stereocenters. The number of aryl methyl sites for hydroxylation is 1. The van der Waals surface area contributed by atoms with Crippen molar-refractivity contribution in [2.24, 2.45) is 0 Å². The Kier molecular flexibility index (Phi) is 8.87. The highest BCUT2D eigenvalue weighted by atomic mass is 33.1. The minimum absolute atomic E-state index is 0.0861. The normalized spacial score (nSPS) is 11.6. The van der Waals surface area contributed by atoms with E-state index in [0.717, 1.165) is 18.1 Å². The van der Waals surface area contributed by atoms with Gasteiger partial charge in [-0.15, -0.1) is 0 Å². The van der Waals surface area contributed by atoms with Gasteiger partial charge in [-0.05, 0) is 47.0 Å². The van der Waals surface area contributed by atoms with Crippen molar-refractivity contribution in [1.82, 2.24) is 10.2 Å². The van der Waals surface area contributed by atoms with Crippen LogP contribution < -0.4 is 10.1 Å². The fourth-order valence-corrected chi connectivity index (χ4v) is 3.75. The zero-order valence-corrected chi connectivity index (χ0v) is 16.4. The van der Waals surface area contributed by atoms with E-state index in [-0.39, 0.29) is 5.91 Å². The molecule has 0 radical (unpaired) electrons. The van der Waals surface area contributed by atoms with E-state index in [1.807, 2.05) is 42.0 Å². The molecule has 1 rings (SSSR count). The van der Waals surface area contributed by atoms with Crippen LogP contribution in [0.1, 0.15) is 19.4 Å². The lowest BCUT2D eigenvalue weighted by Gasteiger charge is -2.25. The Balaban J connectivity index is 2.25. The zero-order valence-electron chi connectivity index (χ0n) is 14.7. The highest BCUT2D eigenvalue weighted by molar-refractivity contribution is 8.76. The highest BCUT2D eigenvalue weighted by Crippen LogP contribution is 2.21. The molecule has 0 aliphatic heterocycles. The van der Waals surface area contributed by atoms with Gasteiger partial charge in [0.05, 0.1) is 0 Å². The second kappa shape index (κ2) is 10.1. The number of hydrogen-bond acceptors (Lipinski definition) is 5. The molecule has 0 fully saturated rings. The van der Waals surface area contributed by atoms with E-state index in [4.69, 9.17) is 4.74 Å². The van der Waals surface area contributed by atoms with E-state index in [2.05, 4.69) is 24.3 Å². The first-order valence-corrected chi connectivity index (χ1v) is 10.2. The van der Waals surface area contributed by atoms with E-state index in [0.29, 0.717) is 12.3 Å². The maximum atomic E-state index is 12.3. The molecule has 0 heterocycles. The van der Waals surface area contributed by atoms with Gasteiger partial charge in [0.2, 0.25) is 0 Å². The van der Waals surface area contributed by atoms with Crippen LogP contribution in [0.25, 0.3) is 0 Å². The standard InChI is InChI=1S/C17H28N2O2S2/c1-14-6-8-15(9-7-14)21-17(2,3)16(20)18-10-12-22-23-13-11-19(4)5/h6-9H,10-13H2,1-5H3,(H,18,20). The monoisotopic (exact) mass is 356 g/mol. The van der Waals surface area contributed by atoms with E-state index in [9.17, 15) is 4.79 Å². The van der Waals surface area contributed by atoms with Crippen LogP contribution in [0, 0.1) is 6.92 Å². The number of amides is 1. The molecule has 0 aromatic heterocycles. The Hall–Kier alpha value is -0.850. The topological polar surface area (TPSA) is 41.6 Å². The minimum atomic E-state index is -0.877. The Morgan fingerprint density at radius 3 is 2.39 bits per heavy atom. The van der Waals surface area contributed by atoms with Crippen LogP contribution in [0.2, 0.25) is 0 Å². The molecule has 0 spiro atoms. The van der Waals surface area contributed by atoms with Gasteiger partial charge >= 0.3 is 0 Å². The molecule has 1 aromatic carbocycles. The van der Waals surface area contributed by atoms with Crippen molar-refractivity contribution in [1.29, 1.82) is 0 Å². The zero-order chi connectivity index (χ0) is 17.3. The quantitative estimate of drug-likeness (QED) is 0.515. The van der Waals surface area contributed by atoms with Crippen molar-refractivity contribution in [2.75, 3.05) is 38.7 Å². The lowest BCUT2D eigenvalue weighted by atomic mass is 10.1. The van der Waals surface area contributed by atoms with Gasteiger partial charge in [0, 0.05) is 24.6 Å². The Bertz CT molecular complexity index is 476. The molecule has 130 valence electrons. The number of carbonyl (C=O) groups excluding carboxylic acids is 1. The molecular weight excluding hydrogens is 328 g/mol. The fourth-order valence-electron chi connectivity index (χ4n) is 1.70. The second-order valence-electron chi connectivity index (χ2n) is 6.13. The summed E-state index contributed by atoms with van der Waals surface area (Å²) in [6.45, 7) is 7.33. The third-order valence-corrected chi connectivity index (χ3v) is 5.50. The van der Waals surface area contributed by atoms with Crippen LogP contribution in [-0.2, 0) is 4.79 Å². The van der Waals surface area contributed by atoms with Gasteiger partial charge in [-0.2, -0.15) is 0 Å². The van der Waals surface area contributed by atoms with Crippen LogP contribution >= 0.6 is 21.6 Å². The number of hydrogen-bond donors (Lipinski definition) is 1. The van der Waals surface area contributed by atoms with Crippen LogP contribution in [0.4, 0.5) is 0 Å². The van der Waals surface area contributed by atoms with Crippen molar-refractivity contribution in [3.05, 3.63) is 29.8 Å². The van der Waals surface area contributed by atoms with Gasteiger partial charge in [0.15, 0.2) is 5.60 Å². The van der Waals surface area contributed by atoms with Gasteiger partial charge in [-0.3, -0.25) is 4.79 Å². The summed E-state index contributed by atoms with van der Waals surface area (Å²) < 4.78 is 5.81. The number of benzene rings is 1. The van der Waals surface area contributed by atoms with Gasteiger partial charge < -0.3 is 15.0 Å². The molecule has 4 nitrogen and oxygen atoms in total. The minimum Gasteiger partial charge on any atom is -0.478 e. The van der Waals surface area contributed by atoms with Crippen LogP contribution in [0.15, 0.2) is 24.3 Å². The number of rotatable bonds is 10. The molecule has 0 aliphatic carbocycles. The summed E-state index contributed by atoms with van der Waals surface area (Å²) in [6, 6.07) is 7.74. The van der Waals surface area contributed by atoms with Crippen molar-refractivity contribution in [3.8, 4) is 5.75 Å². The lowest BCUT2D eigenvalue weighted by molar-refractivity contribution is -0.134. The highest BCUT2D eigenvalue weighted by Gasteiger charge is 2.29. The summed E-state index contributed by atoms with van der Waals surface area (Å²) in [5.41, 5.74) is 0.293. The van der Waals surface area contributed by atoms with E-state index >= 15 is 0 Å². The van der Waals surface area contributed by atoms with Crippen molar-refractivity contribution in [3.63, 3.8) is 0 Å². The maximum Gasteiger partial charge on any atom is 0.263 e. The van der Waals surface area contributed by atoms with Gasteiger partial charge in [0.1, 0.15) is 5.75 Å². The summed E-state index contributed by atoms with van der Waals surface area (Å²) in [7, 11) is 7.77. The Morgan fingerprint density at radius 2 is 1.78 bits per heavy atom. The average Bonchev–Trinajstić information content (AvgIpc) is 2.48. The first-order chi connectivity index (χ1) is 10.8. The summed E-state index contributed by atoms with van der Waals surface area (Å²) >= 11 is 0. The largest absolute Gasteiger partial charge is 0.478 e. The molecule has 1 N–H and O–H groups in total. The summed E-state index contributed by atoms with van der Waals surface area (Å²) in [5, 5.41) is 2.95. The number of ether oxygens (including phenoxy) is 1. The fraction of sp³-hybridized carbons (Fsp3) is 0.588. The SMILES string of the molecule is Cc1ccc(OC(C)(C)C(=O)NCCSSCCN(C)C)cc1. The summed E-state index contributed by atoms with van der Waals surface area (Å²) in [4.78, 5) is 14.4. The summed E-state index contributed by atoms with van der Waals surface area (Å²) in [5.74, 6) is 2.61. The smallest absolute Gasteiger partial charge is 0.263 e. The first-order valence-electron chi connectivity index (χ1n) is 7.74. The molecule has 6 heteroatoms. The van der Waals surface area contributed by atoms with Crippen molar-refractivity contribution >= 4 is 27.5 Å². The second-order valence-corrected chi connectivity index (χ2v) is 8.83. The lowest BCUT2D eigenvalue weighted by Crippen LogP contribution is -2.47. The molecule has 0 bridgehead atoms. The Labute approximate surface area is 148 Å². The molecular formula is C17H28N2O2S2. The molecule has 23 heavy (non-hydrogen) atoms. The van der Waals surface area contributed by atoms with Crippen molar-refractivity contribution in [2.45, 2.75) is 26.4 Å². The number of nitrogens with one attached hydrogen (secondary N) is 1. The first kappa shape index (κ1) is 20.2. The number of carbonyl (C=O) groups is 1. The molecule has 1 aromatic rings. The van der Waals surface area contributed by atoms with E-state index in [1.165, 1.54) is 5.56 Å². The Morgan fingerprint density at radius 1 is 1.17 bits per heavy atom. The number of nitrogens with zero attached hydrogens (tertiary/aromatic N) is 1. The van der Waals surface area contributed by atoms with Crippen LogP contribution in [0.3, 0.4) is 0 Å². The average molecular weight is 357 g/mol. The maximum absolute atomic E-state index is 12.3. The predicted octanol–water partition coefficient (Wildman–Crippen LogP) is 3.21. The molecule has 0 saturated carbocycles. The molecule has 0 atom stereocenters. The predicted molar refractivity (Wildman–Crippen MR) is 102 cm³/mol. The third kappa shape index (κ3) is 8.53. The van der Waals surface area contributed by atoms with E-state index < -0.39 is 5.60 Å². The van der Waals surface area contributed by atoms with Crippen LogP contribution in [-0.4, -0.2) is 55.1 Å². The molecule has 1 amide bonds. The summed E-state index contributed by atoms with van der Waals surface area (Å²) in [6.07, 6.45) is 0. The van der Waals surface area contributed by atoms with Crippen molar-refractivity contribution < 1.29 is 9.53 Å². The van der Waals surface area contributed by atoms with E-state index in [1.54, 1.807) is 24.6 Å². The van der Waals surface area contributed by atoms with Gasteiger partial charge in [0.25, 0.3) is 5.91 Å².